The molecule has 2 rings (SSSR count). The van der Waals surface area contributed by atoms with Crippen LogP contribution in [0.4, 0.5) is 8.78 Å². The molecule has 0 saturated carbocycles. The highest BCUT2D eigenvalue weighted by Crippen LogP contribution is 2.23. The van der Waals surface area contributed by atoms with E-state index in [1.54, 1.807) is 0 Å². The topological polar surface area (TPSA) is 47.6 Å². The largest absolute Gasteiger partial charge is 0.374 e. The molecule has 6 heteroatoms. The first-order valence-corrected chi connectivity index (χ1v) is 5.96. The predicted molar refractivity (Wildman–Crippen MR) is 63.8 cm³/mol. The number of benzene rings is 1. The van der Waals surface area contributed by atoms with E-state index < -0.39 is 24.5 Å². The van der Waals surface area contributed by atoms with E-state index in [0.29, 0.717) is 0 Å². The Hall–Kier alpha value is -1.53. The van der Waals surface area contributed by atoms with Gasteiger partial charge in [-0.3, -0.25) is 4.79 Å². The molecule has 1 N–H and O–H groups in total. The van der Waals surface area contributed by atoms with Crippen molar-refractivity contribution in [3.05, 3.63) is 35.9 Å². The van der Waals surface area contributed by atoms with Gasteiger partial charge in [0.1, 0.15) is 12.7 Å². The third kappa shape index (κ3) is 3.97. The van der Waals surface area contributed by atoms with Crippen molar-refractivity contribution in [2.45, 2.75) is 18.6 Å². The lowest BCUT2D eigenvalue weighted by molar-refractivity contribution is -0.151. The maximum Gasteiger partial charge on any atom is 0.292 e. The number of hydrogen-bond donors (Lipinski definition) is 1. The van der Waals surface area contributed by atoms with E-state index in [-0.39, 0.29) is 19.8 Å². The van der Waals surface area contributed by atoms with Crippen LogP contribution in [0, 0.1) is 0 Å². The molecule has 1 aromatic rings. The molecule has 0 radical (unpaired) electrons. The van der Waals surface area contributed by atoms with Crippen LogP contribution in [-0.2, 0) is 20.9 Å². The van der Waals surface area contributed by atoms with Gasteiger partial charge in [0.15, 0.2) is 0 Å². The summed E-state index contributed by atoms with van der Waals surface area (Å²) >= 11 is 0. The van der Waals surface area contributed by atoms with Crippen LogP contribution >= 0.6 is 0 Å². The Morgan fingerprint density at radius 3 is 2.84 bits per heavy atom. The summed E-state index contributed by atoms with van der Waals surface area (Å²) in [6.45, 7) is -1.10. The minimum atomic E-state index is -3.12. The summed E-state index contributed by atoms with van der Waals surface area (Å²) in [7, 11) is 0. The molecule has 1 unspecified atom stereocenters. The Balaban J connectivity index is 1.85. The van der Waals surface area contributed by atoms with Gasteiger partial charge in [-0.2, -0.15) is 0 Å². The highest BCUT2D eigenvalue weighted by Gasteiger charge is 2.43. The van der Waals surface area contributed by atoms with Gasteiger partial charge in [-0.25, -0.2) is 8.78 Å². The Kier molecular flexibility index (Phi) is 4.44. The van der Waals surface area contributed by atoms with Crippen LogP contribution in [0.25, 0.3) is 0 Å². The SMILES string of the molecule is O=C1COC(COCc2ccccc2)C(F)(F)CN1. The third-order valence-corrected chi connectivity index (χ3v) is 2.79. The van der Waals surface area contributed by atoms with Crippen molar-refractivity contribution in [3.8, 4) is 0 Å². The minimum Gasteiger partial charge on any atom is -0.374 e. The smallest absolute Gasteiger partial charge is 0.292 e. The number of halogens is 2. The van der Waals surface area contributed by atoms with Crippen LogP contribution in [0.15, 0.2) is 30.3 Å². The summed E-state index contributed by atoms with van der Waals surface area (Å²) in [5, 5.41) is 2.10. The van der Waals surface area contributed by atoms with Crippen LogP contribution in [0.5, 0.6) is 0 Å². The van der Waals surface area contributed by atoms with Gasteiger partial charge in [-0.05, 0) is 5.56 Å². The molecule has 4 nitrogen and oxygen atoms in total. The second-order valence-corrected chi connectivity index (χ2v) is 4.34. The van der Waals surface area contributed by atoms with Crippen molar-refractivity contribution in [1.29, 1.82) is 0 Å². The lowest BCUT2D eigenvalue weighted by atomic mass is 10.2. The fraction of sp³-hybridized carbons (Fsp3) is 0.462. The quantitative estimate of drug-likeness (QED) is 0.899. The van der Waals surface area contributed by atoms with Crippen molar-refractivity contribution in [3.63, 3.8) is 0 Å². The zero-order valence-corrected chi connectivity index (χ0v) is 10.3. The molecule has 1 heterocycles. The number of carbonyl (C=O) groups excluding carboxylic acids is 1. The molecule has 1 saturated heterocycles. The van der Waals surface area contributed by atoms with E-state index in [1.807, 2.05) is 30.3 Å². The first-order valence-electron chi connectivity index (χ1n) is 5.96. The predicted octanol–water partition coefficient (Wildman–Crippen LogP) is 1.35. The lowest BCUT2D eigenvalue weighted by Crippen LogP contribution is -2.44. The van der Waals surface area contributed by atoms with Crippen molar-refractivity contribution in [1.82, 2.24) is 5.32 Å². The zero-order valence-electron chi connectivity index (χ0n) is 10.3. The van der Waals surface area contributed by atoms with Gasteiger partial charge >= 0.3 is 0 Å². The molecule has 1 aliphatic heterocycles. The van der Waals surface area contributed by atoms with Crippen molar-refractivity contribution < 1.29 is 23.0 Å². The van der Waals surface area contributed by atoms with Crippen LogP contribution in [-0.4, -0.2) is 37.7 Å². The van der Waals surface area contributed by atoms with Crippen LogP contribution < -0.4 is 5.32 Å². The maximum absolute atomic E-state index is 13.6. The number of carbonyl (C=O) groups is 1. The highest BCUT2D eigenvalue weighted by atomic mass is 19.3. The molecule has 1 atom stereocenters. The fourth-order valence-corrected chi connectivity index (χ4v) is 1.71. The van der Waals surface area contributed by atoms with E-state index in [2.05, 4.69) is 5.32 Å². The molecule has 1 fully saturated rings. The summed E-state index contributed by atoms with van der Waals surface area (Å²) in [5.41, 5.74) is 0.897. The van der Waals surface area contributed by atoms with E-state index in [9.17, 15) is 13.6 Å². The van der Waals surface area contributed by atoms with Gasteiger partial charge in [-0.1, -0.05) is 30.3 Å². The average Bonchev–Trinajstić information content (AvgIpc) is 2.52. The Morgan fingerprint density at radius 1 is 1.37 bits per heavy atom. The molecule has 1 amide bonds. The normalized spacial score (nSPS) is 22.6. The Morgan fingerprint density at radius 2 is 2.11 bits per heavy atom. The zero-order chi connectivity index (χ0) is 13.7. The number of amides is 1. The van der Waals surface area contributed by atoms with Gasteiger partial charge in [0.05, 0.1) is 19.8 Å². The van der Waals surface area contributed by atoms with Gasteiger partial charge in [0.2, 0.25) is 5.91 Å². The lowest BCUT2D eigenvalue weighted by Gasteiger charge is -2.23. The van der Waals surface area contributed by atoms with E-state index in [1.165, 1.54) is 0 Å². The van der Waals surface area contributed by atoms with Gasteiger partial charge < -0.3 is 14.8 Å². The molecular weight excluding hydrogens is 256 g/mol. The Bertz CT molecular complexity index is 425. The third-order valence-electron chi connectivity index (χ3n) is 2.79. The van der Waals surface area contributed by atoms with Gasteiger partial charge in [0, 0.05) is 0 Å². The van der Waals surface area contributed by atoms with E-state index in [0.717, 1.165) is 5.56 Å². The summed E-state index contributed by atoms with van der Waals surface area (Å²) in [4.78, 5) is 11.0. The molecule has 0 bridgehead atoms. The number of rotatable bonds is 4. The standard InChI is InChI=1S/C13H15F2NO3/c14-13(15)9-16-12(17)8-19-11(13)7-18-6-10-4-2-1-3-5-10/h1-5,11H,6-9H2,(H,16,17). The molecular formula is C13H15F2NO3. The number of nitrogens with one attached hydrogen (secondary N) is 1. The first kappa shape index (κ1) is 13.9. The minimum absolute atomic E-state index is 0.234. The van der Waals surface area contributed by atoms with Crippen LogP contribution in [0.3, 0.4) is 0 Å². The molecule has 1 aliphatic rings. The second-order valence-electron chi connectivity index (χ2n) is 4.34. The van der Waals surface area contributed by atoms with E-state index >= 15 is 0 Å². The van der Waals surface area contributed by atoms with Crippen molar-refractivity contribution >= 4 is 5.91 Å². The van der Waals surface area contributed by atoms with Crippen molar-refractivity contribution in [2.24, 2.45) is 0 Å². The molecule has 104 valence electrons. The maximum atomic E-state index is 13.6. The summed E-state index contributed by atoms with van der Waals surface area (Å²) < 4.78 is 37.3. The number of alkyl halides is 2. The highest BCUT2D eigenvalue weighted by molar-refractivity contribution is 5.77. The fourth-order valence-electron chi connectivity index (χ4n) is 1.71. The molecule has 19 heavy (non-hydrogen) atoms. The van der Waals surface area contributed by atoms with Crippen LogP contribution in [0.1, 0.15) is 5.56 Å². The van der Waals surface area contributed by atoms with Crippen LogP contribution in [0.2, 0.25) is 0 Å². The van der Waals surface area contributed by atoms with Gasteiger partial charge in [-0.15, -0.1) is 0 Å². The number of ether oxygens (including phenoxy) is 2. The molecule has 0 aromatic heterocycles. The second kappa shape index (κ2) is 6.08. The summed E-state index contributed by atoms with van der Waals surface area (Å²) in [6.07, 6.45) is -1.41. The molecule has 1 aromatic carbocycles. The first-order chi connectivity index (χ1) is 9.08. The monoisotopic (exact) mass is 271 g/mol. The summed E-state index contributed by atoms with van der Waals surface area (Å²) in [6, 6.07) is 9.24. The Labute approximate surface area is 109 Å². The number of hydrogen-bond acceptors (Lipinski definition) is 3. The summed E-state index contributed by atoms with van der Waals surface area (Å²) in [5.74, 6) is -3.66. The van der Waals surface area contributed by atoms with E-state index in [4.69, 9.17) is 9.47 Å². The van der Waals surface area contributed by atoms with Crippen molar-refractivity contribution in [2.75, 3.05) is 19.8 Å². The molecule has 0 spiro atoms. The molecule has 0 aliphatic carbocycles. The average molecular weight is 271 g/mol. The van der Waals surface area contributed by atoms with Gasteiger partial charge in [0.25, 0.3) is 5.92 Å².